The first-order chi connectivity index (χ1) is 10.1. The average Bonchev–Trinajstić information content (AvgIpc) is 2.45. The van der Waals surface area contributed by atoms with Gasteiger partial charge in [-0.25, -0.2) is 0 Å². The van der Waals surface area contributed by atoms with Crippen molar-refractivity contribution in [1.29, 1.82) is 0 Å². The number of benzene rings is 1. The number of para-hydroxylation sites is 1. The number of nitrogens with two attached hydrogens (primary N) is 1. The fourth-order valence-corrected chi connectivity index (χ4v) is 2.50. The predicted molar refractivity (Wildman–Crippen MR) is 86.6 cm³/mol. The van der Waals surface area contributed by atoms with Crippen LogP contribution in [0.25, 0.3) is 0 Å². The molecule has 2 aromatic rings. The molecule has 1 aromatic heterocycles. The summed E-state index contributed by atoms with van der Waals surface area (Å²) < 4.78 is 12.3. The van der Waals surface area contributed by atoms with E-state index in [9.17, 15) is 0 Å². The van der Waals surface area contributed by atoms with Crippen LogP contribution in [-0.2, 0) is 13.0 Å². The zero-order chi connectivity index (χ0) is 15.2. The first-order valence-electron chi connectivity index (χ1n) is 6.74. The molecule has 0 saturated carbocycles. The third-order valence-electron chi connectivity index (χ3n) is 2.97. The van der Waals surface area contributed by atoms with E-state index in [4.69, 9.17) is 15.2 Å². The van der Waals surface area contributed by atoms with Crippen LogP contribution in [-0.4, -0.2) is 18.1 Å². The fraction of sp³-hybridized carbons (Fsp3) is 0.312. The lowest BCUT2D eigenvalue weighted by Gasteiger charge is -2.16. The molecular formula is C16H19BrN2O2. The number of rotatable bonds is 6. The quantitative estimate of drug-likeness (QED) is 0.867. The number of hydrogen-bond acceptors (Lipinski definition) is 4. The second-order valence-electron chi connectivity index (χ2n) is 4.93. The summed E-state index contributed by atoms with van der Waals surface area (Å²) in [5, 5.41) is 0. The molecule has 0 amide bonds. The zero-order valence-electron chi connectivity index (χ0n) is 12.2. The molecule has 0 spiro atoms. The topological polar surface area (TPSA) is 57.4 Å². The van der Waals surface area contributed by atoms with Crippen LogP contribution in [0, 0.1) is 0 Å². The molecule has 1 heterocycles. The lowest BCUT2D eigenvalue weighted by Crippen LogP contribution is -2.18. The minimum absolute atomic E-state index is 0.0620. The Bertz CT molecular complexity index is 603. The van der Waals surface area contributed by atoms with Gasteiger partial charge in [-0.3, -0.25) is 4.98 Å². The summed E-state index contributed by atoms with van der Waals surface area (Å²) in [6, 6.07) is 7.89. The molecule has 0 saturated heterocycles. The number of aromatic nitrogens is 1. The predicted octanol–water partition coefficient (Wildman–Crippen LogP) is 3.32. The Hall–Kier alpha value is -1.59. The van der Waals surface area contributed by atoms with Crippen molar-refractivity contribution in [1.82, 2.24) is 4.98 Å². The molecule has 1 atom stereocenters. The van der Waals surface area contributed by atoms with E-state index >= 15 is 0 Å². The van der Waals surface area contributed by atoms with Gasteiger partial charge in [0.25, 0.3) is 0 Å². The Morgan fingerprint density at radius 1 is 1.33 bits per heavy atom. The highest BCUT2D eigenvalue weighted by Gasteiger charge is 2.12. The SMILES string of the molecule is COc1cccc(CC(C)N)c1OCc1cncc(Br)c1. The maximum atomic E-state index is 5.96. The van der Waals surface area contributed by atoms with Gasteiger partial charge in [0.15, 0.2) is 11.5 Å². The van der Waals surface area contributed by atoms with E-state index in [0.717, 1.165) is 33.5 Å². The summed E-state index contributed by atoms with van der Waals surface area (Å²) in [4.78, 5) is 4.13. The molecule has 2 rings (SSSR count). The van der Waals surface area contributed by atoms with Gasteiger partial charge < -0.3 is 15.2 Å². The van der Waals surface area contributed by atoms with Crippen LogP contribution >= 0.6 is 15.9 Å². The van der Waals surface area contributed by atoms with Crippen molar-refractivity contribution in [2.45, 2.75) is 26.0 Å². The van der Waals surface area contributed by atoms with Gasteiger partial charge in [-0.15, -0.1) is 0 Å². The molecule has 21 heavy (non-hydrogen) atoms. The van der Waals surface area contributed by atoms with E-state index in [0.29, 0.717) is 6.61 Å². The van der Waals surface area contributed by atoms with E-state index in [1.54, 1.807) is 19.5 Å². The van der Waals surface area contributed by atoms with Gasteiger partial charge in [-0.2, -0.15) is 0 Å². The Morgan fingerprint density at radius 3 is 2.81 bits per heavy atom. The van der Waals surface area contributed by atoms with Crippen LogP contribution in [0.15, 0.2) is 41.1 Å². The van der Waals surface area contributed by atoms with E-state index in [2.05, 4.69) is 20.9 Å². The zero-order valence-corrected chi connectivity index (χ0v) is 13.8. The number of methoxy groups -OCH3 is 1. The third-order valence-corrected chi connectivity index (χ3v) is 3.40. The Kier molecular flexibility index (Phi) is 5.59. The summed E-state index contributed by atoms with van der Waals surface area (Å²) in [7, 11) is 1.64. The fourth-order valence-electron chi connectivity index (χ4n) is 2.08. The molecule has 0 aliphatic rings. The van der Waals surface area contributed by atoms with Crippen LogP contribution in [0.4, 0.5) is 0 Å². The molecule has 2 N–H and O–H groups in total. The second-order valence-corrected chi connectivity index (χ2v) is 5.85. The number of pyridine rings is 1. The van der Waals surface area contributed by atoms with E-state index < -0.39 is 0 Å². The Balaban J connectivity index is 2.21. The van der Waals surface area contributed by atoms with Gasteiger partial charge in [0, 0.05) is 28.5 Å². The van der Waals surface area contributed by atoms with Crippen molar-refractivity contribution in [3.8, 4) is 11.5 Å². The summed E-state index contributed by atoms with van der Waals surface area (Å²) in [5.74, 6) is 1.47. The van der Waals surface area contributed by atoms with Crippen LogP contribution in [0.1, 0.15) is 18.1 Å². The van der Waals surface area contributed by atoms with Crippen molar-refractivity contribution in [2.75, 3.05) is 7.11 Å². The molecule has 0 aliphatic carbocycles. The minimum atomic E-state index is 0.0620. The van der Waals surface area contributed by atoms with E-state index in [-0.39, 0.29) is 6.04 Å². The first-order valence-corrected chi connectivity index (χ1v) is 7.53. The van der Waals surface area contributed by atoms with Gasteiger partial charge in [-0.05, 0) is 47.0 Å². The molecule has 1 aromatic carbocycles. The summed E-state index contributed by atoms with van der Waals surface area (Å²) >= 11 is 3.40. The highest BCUT2D eigenvalue weighted by atomic mass is 79.9. The molecule has 0 radical (unpaired) electrons. The van der Waals surface area contributed by atoms with Gasteiger partial charge in [0.2, 0.25) is 0 Å². The molecule has 5 heteroatoms. The lowest BCUT2D eigenvalue weighted by atomic mass is 10.1. The van der Waals surface area contributed by atoms with Crippen LogP contribution < -0.4 is 15.2 Å². The number of hydrogen-bond donors (Lipinski definition) is 1. The second kappa shape index (κ2) is 7.43. The lowest BCUT2D eigenvalue weighted by molar-refractivity contribution is 0.280. The molecular weight excluding hydrogens is 332 g/mol. The van der Waals surface area contributed by atoms with E-state index in [1.807, 2.05) is 31.2 Å². The average molecular weight is 351 g/mol. The van der Waals surface area contributed by atoms with Crippen LogP contribution in [0.3, 0.4) is 0 Å². The highest BCUT2D eigenvalue weighted by Crippen LogP contribution is 2.32. The van der Waals surface area contributed by atoms with Crippen molar-refractivity contribution >= 4 is 15.9 Å². The first kappa shape index (κ1) is 15.8. The molecule has 0 bridgehead atoms. The van der Waals surface area contributed by atoms with Crippen molar-refractivity contribution < 1.29 is 9.47 Å². The van der Waals surface area contributed by atoms with Crippen molar-refractivity contribution in [2.24, 2.45) is 5.73 Å². The molecule has 4 nitrogen and oxygen atoms in total. The number of ether oxygens (including phenoxy) is 2. The van der Waals surface area contributed by atoms with Gasteiger partial charge in [0.05, 0.1) is 7.11 Å². The summed E-state index contributed by atoms with van der Waals surface area (Å²) in [6.45, 7) is 2.40. The summed E-state index contributed by atoms with van der Waals surface area (Å²) in [6.07, 6.45) is 4.27. The van der Waals surface area contributed by atoms with Crippen molar-refractivity contribution in [3.05, 3.63) is 52.3 Å². The van der Waals surface area contributed by atoms with Gasteiger partial charge >= 0.3 is 0 Å². The largest absolute Gasteiger partial charge is 0.493 e. The molecule has 1 unspecified atom stereocenters. The van der Waals surface area contributed by atoms with Gasteiger partial charge in [-0.1, -0.05) is 12.1 Å². The third kappa shape index (κ3) is 4.44. The highest BCUT2D eigenvalue weighted by molar-refractivity contribution is 9.10. The minimum Gasteiger partial charge on any atom is -0.493 e. The number of nitrogens with zero attached hydrogens (tertiary/aromatic N) is 1. The smallest absolute Gasteiger partial charge is 0.164 e. The Morgan fingerprint density at radius 2 is 2.14 bits per heavy atom. The normalized spacial score (nSPS) is 12.0. The van der Waals surface area contributed by atoms with E-state index in [1.165, 1.54) is 0 Å². The maximum Gasteiger partial charge on any atom is 0.164 e. The maximum absolute atomic E-state index is 5.96. The molecule has 112 valence electrons. The van der Waals surface area contributed by atoms with Crippen LogP contribution in [0.5, 0.6) is 11.5 Å². The van der Waals surface area contributed by atoms with Crippen LogP contribution in [0.2, 0.25) is 0 Å². The molecule has 0 fully saturated rings. The van der Waals surface area contributed by atoms with Gasteiger partial charge in [0.1, 0.15) is 6.61 Å². The summed E-state index contributed by atoms with van der Waals surface area (Å²) in [5.41, 5.74) is 7.94. The number of halogens is 1. The Labute approximate surface area is 133 Å². The van der Waals surface area contributed by atoms with Crippen molar-refractivity contribution in [3.63, 3.8) is 0 Å². The standard InChI is InChI=1S/C16H19BrN2O2/c1-11(18)6-13-4-3-5-15(20-2)16(13)21-10-12-7-14(17)9-19-8-12/h3-5,7-9,11H,6,10,18H2,1-2H3. The molecule has 0 aliphatic heterocycles. The monoisotopic (exact) mass is 350 g/mol.